The number of rotatable bonds is 2. The molecule has 2 aliphatic heterocycles. The maximum atomic E-state index is 13.5. The predicted molar refractivity (Wildman–Crippen MR) is 134 cm³/mol. The Morgan fingerprint density at radius 2 is 1.84 bits per heavy atom. The molecule has 0 aromatic heterocycles. The first kappa shape index (κ1) is 25.1. The van der Waals surface area contributed by atoms with Crippen molar-refractivity contribution in [1.82, 2.24) is 9.80 Å². The van der Waals surface area contributed by atoms with E-state index in [2.05, 4.69) is 4.99 Å². The molecule has 38 heavy (non-hydrogen) atoms. The number of ether oxygens (including phenoxy) is 2. The van der Waals surface area contributed by atoms with Gasteiger partial charge in [0.05, 0.1) is 29.9 Å². The second kappa shape index (κ2) is 10.1. The fraction of sp³-hybridized carbons (Fsp3) is 0.250. The van der Waals surface area contributed by atoms with Crippen molar-refractivity contribution >= 4 is 17.4 Å². The Balaban J connectivity index is 1.49. The Hall–Kier alpha value is -4.52. The van der Waals surface area contributed by atoms with Crippen LogP contribution >= 0.6 is 0 Å². The van der Waals surface area contributed by atoms with Gasteiger partial charge in [0.15, 0.2) is 5.75 Å². The van der Waals surface area contributed by atoms with Crippen LogP contribution in [0.15, 0.2) is 65.7 Å². The van der Waals surface area contributed by atoms with Crippen LogP contribution in [-0.2, 0) is 6.18 Å². The number of amides is 1. The molecule has 1 amide bonds. The summed E-state index contributed by atoms with van der Waals surface area (Å²) in [4.78, 5) is 21.5. The SMILES string of the molecule is COc1ccc2c(c1)C(N1CCCN(C(=O)c3cccc(C#N)c3)CC1)=Nc1cc(C(F)(F)F)ccc1O2. The first-order chi connectivity index (χ1) is 18.3. The molecule has 1 saturated heterocycles. The lowest BCUT2D eigenvalue weighted by Gasteiger charge is -2.25. The van der Waals surface area contributed by atoms with Crippen molar-refractivity contribution in [3.05, 3.63) is 82.9 Å². The number of nitriles is 1. The van der Waals surface area contributed by atoms with E-state index in [0.29, 0.717) is 66.6 Å². The van der Waals surface area contributed by atoms with Gasteiger partial charge in [0, 0.05) is 31.7 Å². The number of methoxy groups -OCH3 is 1. The second-order valence-electron chi connectivity index (χ2n) is 8.91. The first-order valence-electron chi connectivity index (χ1n) is 12.0. The maximum absolute atomic E-state index is 13.5. The Bertz CT molecular complexity index is 1460. The van der Waals surface area contributed by atoms with Gasteiger partial charge in [-0.15, -0.1) is 0 Å². The van der Waals surface area contributed by atoms with E-state index in [9.17, 15) is 23.2 Å². The molecule has 0 unspecified atom stereocenters. The van der Waals surface area contributed by atoms with Crippen molar-refractivity contribution in [2.75, 3.05) is 33.3 Å². The average Bonchev–Trinajstić information content (AvgIpc) is 3.26. The fourth-order valence-electron chi connectivity index (χ4n) is 4.54. The normalized spacial score (nSPS) is 15.2. The van der Waals surface area contributed by atoms with Gasteiger partial charge in [0.25, 0.3) is 5.91 Å². The van der Waals surface area contributed by atoms with Crippen LogP contribution in [0.1, 0.15) is 33.5 Å². The van der Waals surface area contributed by atoms with Gasteiger partial charge in [-0.05, 0) is 61.0 Å². The number of amidine groups is 1. The van der Waals surface area contributed by atoms with E-state index >= 15 is 0 Å². The zero-order valence-electron chi connectivity index (χ0n) is 20.5. The number of aliphatic imine (C=N–C) groups is 1. The molecule has 0 bridgehead atoms. The largest absolute Gasteiger partial charge is 0.497 e. The molecule has 0 spiro atoms. The standard InChI is InChI=1S/C28H23F3N4O3/c1-37-21-7-9-24-22(16-21)26(33-23-15-20(28(29,30)31)6-8-25(23)38-24)34-10-3-11-35(13-12-34)27(36)19-5-2-4-18(14-19)17-32/h2,4-9,14-16H,3,10-13H2,1H3. The molecule has 3 aromatic carbocycles. The smallest absolute Gasteiger partial charge is 0.416 e. The molecule has 7 nitrogen and oxygen atoms in total. The number of benzene rings is 3. The summed E-state index contributed by atoms with van der Waals surface area (Å²) in [5.74, 6) is 1.46. The highest BCUT2D eigenvalue weighted by Crippen LogP contribution is 2.42. The minimum Gasteiger partial charge on any atom is -0.497 e. The van der Waals surface area contributed by atoms with Gasteiger partial charge in [0.1, 0.15) is 23.0 Å². The Morgan fingerprint density at radius 3 is 2.61 bits per heavy atom. The lowest BCUT2D eigenvalue weighted by atomic mass is 10.1. The van der Waals surface area contributed by atoms with Crippen LogP contribution < -0.4 is 9.47 Å². The van der Waals surface area contributed by atoms with Crippen LogP contribution in [-0.4, -0.2) is 54.8 Å². The number of carbonyl (C=O) groups excluding carboxylic acids is 1. The van der Waals surface area contributed by atoms with Gasteiger partial charge in [-0.25, -0.2) is 4.99 Å². The number of hydrogen-bond donors (Lipinski definition) is 0. The molecule has 0 atom stereocenters. The zero-order chi connectivity index (χ0) is 26.9. The molecule has 0 N–H and O–H groups in total. The minimum absolute atomic E-state index is 0.0653. The van der Waals surface area contributed by atoms with E-state index in [4.69, 9.17) is 9.47 Å². The van der Waals surface area contributed by atoms with E-state index in [1.165, 1.54) is 13.2 Å². The summed E-state index contributed by atoms with van der Waals surface area (Å²) in [7, 11) is 1.52. The summed E-state index contributed by atoms with van der Waals surface area (Å²) in [5.41, 5.74) is 0.661. The summed E-state index contributed by atoms with van der Waals surface area (Å²) >= 11 is 0. The van der Waals surface area contributed by atoms with Crippen LogP contribution in [0, 0.1) is 11.3 Å². The van der Waals surface area contributed by atoms with Crippen molar-refractivity contribution in [3.8, 4) is 23.3 Å². The highest BCUT2D eigenvalue weighted by molar-refractivity contribution is 6.04. The van der Waals surface area contributed by atoms with Crippen molar-refractivity contribution in [2.45, 2.75) is 12.6 Å². The van der Waals surface area contributed by atoms with Gasteiger partial charge in [-0.1, -0.05) is 6.07 Å². The molecule has 10 heteroatoms. The summed E-state index contributed by atoms with van der Waals surface area (Å²) < 4.78 is 51.8. The lowest BCUT2D eigenvalue weighted by molar-refractivity contribution is -0.137. The minimum atomic E-state index is -4.53. The predicted octanol–water partition coefficient (Wildman–Crippen LogP) is 5.62. The summed E-state index contributed by atoms with van der Waals surface area (Å²) in [6.45, 7) is 1.76. The molecule has 2 heterocycles. The van der Waals surface area contributed by atoms with Crippen molar-refractivity contribution in [1.29, 1.82) is 5.26 Å². The number of fused-ring (bicyclic) bond motifs is 2. The zero-order valence-corrected chi connectivity index (χ0v) is 20.5. The average molecular weight is 521 g/mol. The van der Waals surface area contributed by atoms with E-state index in [1.807, 2.05) is 11.0 Å². The molecule has 1 fully saturated rings. The maximum Gasteiger partial charge on any atom is 0.416 e. The molecule has 0 aliphatic carbocycles. The third-order valence-electron chi connectivity index (χ3n) is 6.48. The molecule has 3 aromatic rings. The highest BCUT2D eigenvalue weighted by atomic mass is 19.4. The van der Waals surface area contributed by atoms with Crippen LogP contribution in [0.2, 0.25) is 0 Å². The van der Waals surface area contributed by atoms with Crippen LogP contribution in [0.4, 0.5) is 18.9 Å². The number of hydrogen-bond acceptors (Lipinski definition) is 6. The molecule has 5 rings (SSSR count). The number of alkyl halides is 3. The summed E-state index contributed by atoms with van der Waals surface area (Å²) in [5, 5.41) is 9.17. The van der Waals surface area contributed by atoms with E-state index in [1.54, 1.807) is 47.4 Å². The van der Waals surface area contributed by atoms with Crippen LogP contribution in [0.3, 0.4) is 0 Å². The third kappa shape index (κ3) is 5.00. The van der Waals surface area contributed by atoms with Gasteiger partial charge in [0.2, 0.25) is 0 Å². The first-order valence-corrected chi connectivity index (χ1v) is 12.0. The van der Waals surface area contributed by atoms with E-state index in [-0.39, 0.29) is 17.3 Å². The third-order valence-corrected chi connectivity index (χ3v) is 6.48. The van der Waals surface area contributed by atoms with Crippen LogP contribution in [0.25, 0.3) is 0 Å². The fourth-order valence-corrected chi connectivity index (χ4v) is 4.54. The van der Waals surface area contributed by atoms with Gasteiger partial charge in [-0.2, -0.15) is 18.4 Å². The number of carbonyl (C=O) groups is 1. The highest BCUT2D eigenvalue weighted by Gasteiger charge is 2.33. The van der Waals surface area contributed by atoms with Crippen LogP contribution in [0.5, 0.6) is 17.2 Å². The summed E-state index contributed by atoms with van der Waals surface area (Å²) in [6.07, 6.45) is -3.92. The topological polar surface area (TPSA) is 78.2 Å². The number of nitrogens with zero attached hydrogens (tertiary/aromatic N) is 4. The van der Waals surface area contributed by atoms with Crippen molar-refractivity contribution < 1.29 is 27.4 Å². The molecule has 2 aliphatic rings. The summed E-state index contributed by atoms with van der Waals surface area (Å²) in [6, 6.07) is 17.0. The van der Waals surface area contributed by atoms with Crippen molar-refractivity contribution in [2.24, 2.45) is 4.99 Å². The lowest BCUT2D eigenvalue weighted by Crippen LogP contribution is -2.37. The molecular weight excluding hydrogens is 497 g/mol. The van der Waals surface area contributed by atoms with E-state index < -0.39 is 11.7 Å². The van der Waals surface area contributed by atoms with E-state index in [0.717, 1.165) is 12.1 Å². The molecule has 194 valence electrons. The van der Waals surface area contributed by atoms with Gasteiger partial charge >= 0.3 is 6.18 Å². The quantitative estimate of drug-likeness (QED) is 0.439. The number of halogens is 3. The molecular formula is C28H23F3N4O3. The van der Waals surface area contributed by atoms with Gasteiger partial charge in [-0.3, -0.25) is 4.79 Å². The Kier molecular flexibility index (Phi) is 6.68. The van der Waals surface area contributed by atoms with Crippen molar-refractivity contribution in [3.63, 3.8) is 0 Å². The molecule has 0 radical (unpaired) electrons. The Labute approximate surface area is 217 Å². The second-order valence-corrected chi connectivity index (χ2v) is 8.91. The molecule has 0 saturated carbocycles. The van der Waals surface area contributed by atoms with Gasteiger partial charge < -0.3 is 19.3 Å². The monoisotopic (exact) mass is 520 g/mol. The Morgan fingerprint density at radius 1 is 1.03 bits per heavy atom.